The summed E-state index contributed by atoms with van der Waals surface area (Å²) in [4.78, 5) is 10.3. The van der Waals surface area contributed by atoms with Crippen LogP contribution in [0, 0.1) is 0 Å². The van der Waals surface area contributed by atoms with Crippen molar-refractivity contribution in [1.29, 1.82) is 0 Å². The van der Waals surface area contributed by atoms with Gasteiger partial charge in [-0.1, -0.05) is 115 Å². The fraction of sp³-hybridized carbons (Fsp3) is 0. The van der Waals surface area contributed by atoms with Gasteiger partial charge in [0.25, 0.3) is 0 Å². The molecule has 7 aromatic carbocycles. The Balaban J connectivity index is 1.31. The molecule has 0 amide bonds. The van der Waals surface area contributed by atoms with Gasteiger partial charge in [0, 0.05) is 73.3 Å². The van der Waals surface area contributed by atoms with Crippen LogP contribution in [-0.4, -0.2) is 14.5 Å². The molecule has 0 N–H and O–H groups in total. The normalized spacial score (nSPS) is 12.1. The minimum atomic E-state index is 0.732. The third-order valence-electron chi connectivity index (χ3n) is 9.77. The molecule has 4 heterocycles. The zero-order chi connectivity index (χ0) is 32.1. The highest BCUT2D eigenvalue weighted by Gasteiger charge is 2.24. The fourth-order valence-corrected chi connectivity index (χ4v) is 10.3. The number of thiophene rings is 2. The fourth-order valence-electron chi connectivity index (χ4n) is 7.67. The average Bonchev–Trinajstić information content (AvgIpc) is 3.84. The third kappa shape index (κ3) is 3.88. The van der Waals surface area contributed by atoms with Crippen LogP contribution in [0.2, 0.25) is 0 Å². The molecule has 11 rings (SSSR count). The molecule has 0 aliphatic heterocycles. The zero-order valence-electron chi connectivity index (χ0n) is 26.1. The lowest BCUT2D eigenvalue weighted by Crippen LogP contribution is -1.98. The molecule has 4 aromatic heterocycles. The Bertz CT molecular complexity index is 3070. The molecule has 0 saturated carbocycles. The lowest BCUT2D eigenvalue weighted by Gasteiger charge is -2.14. The summed E-state index contributed by atoms with van der Waals surface area (Å²) in [6.45, 7) is 0. The molecular weight excluding hydrogens is 635 g/mol. The Morgan fingerprint density at radius 2 is 1.02 bits per heavy atom. The number of benzene rings is 7. The molecule has 228 valence electrons. The van der Waals surface area contributed by atoms with Crippen LogP contribution < -0.4 is 0 Å². The summed E-state index contributed by atoms with van der Waals surface area (Å²) in [7, 11) is 0. The Kier molecular flexibility index (Phi) is 5.70. The number of hydrogen-bond donors (Lipinski definition) is 0. The summed E-state index contributed by atoms with van der Waals surface area (Å²) < 4.78 is 7.84. The maximum Gasteiger partial charge on any atom is 0.160 e. The van der Waals surface area contributed by atoms with Crippen molar-refractivity contribution in [2.45, 2.75) is 0 Å². The van der Waals surface area contributed by atoms with Crippen LogP contribution in [0.4, 0.5) is 0 Å². The topological polar surface area (TPSA) is 30.7 Å². The van der Waals surface area contributed by atoms with Gasteiger partial charge in [0.05, 0.1) is 22.2 Å². The van der Waals surface area contributed by atoms with Crippen molar-refractivity contribution in [3.8, 4) is 28.3 Å². The van der Waals surface area contributed by atoms with Crippen molar-refractivity contribution in [1.82, 2.24) is 14.5 Å². The van der Waals surface area contributed by atoms with Crippen molar-refractivity contribution in [3.05, 3.63) is 152 Å². The van der Waals surface area contributed by atoms with Crippen LogP contribution in [0.15, 0.2) is 152 Å². The van der Waals surface area contributed by atoms with Crippen molar-refractivity contribution >= 4 is 95.7 Å². The van der Waals surface area contributed by atoms with E-state index in [2.05, 4.69) is 138 Å². The Labute approximate surface area is 289 Å². The standard InChI is InChI=1S/C44H25N3S2/c1-3-13-26(14-4-1)40-32-25-28(23-24-33(32)45-44(46-40)27-15-5-2-6-16-27)47-34-20-10-7-17-29(34)37-41(47)38-30-18-8-11-21-35(30)48-43(38)39-31-19-9-12-22-36(31)49-42(37)39/h1-25H. The van der Waals surface area contributed by atoms with Gasteiger partial charge in [-0.3, -0.25) is 0 Å². The highest BCUT2D eigenvalue weighted by molar-refractivity contribution is 7.30. The van der Waals surface area contributed by atoms with Gasteiger partial charge in [0.2, 0.25) is 0 Å². The molecule has 0 saturated heterocycles. The predicted molar refractivity (Wildman–Crippen MR) is 211 cm³/mol. The van der Waals surface area contributed by atoms with Gasteiger partial charge < -0.3 is 4.57 Å². The molecular formula is C44H25N3S2. The molecule has 0 unspecified atom stereocenters. The number of aromatic nitrogens is 3. The highest BCUT2D eigenvalue weighted by atomic mass is 32.1. The summed E-state index contributed by atoms with van der Waals surface area (Å²) >= 11 is 3.83. The average molecular weight is 660 g/mol. The van der Waals surface area contributed by atoms with Gasteiger partial charge in [0.1, 0.15) is 0 Å². The summed E-state index contributed by atoms with van der Waals surface area (Å²) in [5.41, 5.74) is 7.50. The third-order valence-corrected chi connectivity index (χ3v) is 12.1. The molecule has 0 atom stereocenters. The van der Waals surface area contributed by atoms with E-state index in [0.717, 1.165) is 39.2 Å². The van der Waals surface area contributed by atoms with Crippen molar-refractivity contribution in [2.24, 2.45) is 0 Å². The van der Waals surface area contributed by atoms with Crippen molar-refractivity contribution in [2.75, 3.05) is 0 Å². The van der Waals surface area contributed by atoms with E-state index in [-0.39, 0.29) is 0 Å². The number of fused-ring (bicyclic) bond motifs is 13. The largest absolute Gasteiger partial charge is 0.308 e. The van der Waals surface area contributed by atoms with Gasteiger partial charge in [-0.25, -0.2) is 9.97 Å². The molecule has 0 aliphatic rings. The van der Waals surface area contributed by atoms with Crippen LogP contribution >= 0.6 is 22.7 Å². The molecule has 0 spiro atoms. The Morgan fingerprint density at radius 1 is 0.449 bits per heavy atom. The second-order valence-electron chi connectivity index (χ2n) is 12.5. The second-order valence-corrected chi connectivity index (χ2v) is 14.6. The molecule has 3 nitrogen and oxygen atoms in total. The molecule has 0 fully saturated rings. The summed E-state index contributed by atoms with van der Waals surface area (Å²) in [6.07, 6.45) is 0. The van der Waals surface area contributed by atoms with E-state index in [1.54, 1.807) is 0 Å². The first-order chi connectivity index (χ1) is 24.3. The van der Waals surface area contributed by atoms with E-state index in [4.69, 9.17) is 9.97 Å². The van der Waals surface area contributed by atoms with Gasteiger partial charge in [-0.05, 0) is 36.4 Å². The van der Waals surface area contributed by atoms with Gasteiger partial charge in [-0.15, -0.1) is 22.7 Å². The quantitative estimate of drug-likeness (QED) is 0.189. The van der Waals surface area contributed by atoms with Crippen LogP contribution in [0.1, 0.15) is 0 Å². The highest BCUT2D eigenvalue weighted by Crippen LogP contribution is 2.52. The molecule has 49 heavy (non-hydrogen) atoms. The minimum Gasteiger partial charge on any atom is -0.308 e. The van der Waals surface area contributed by atoms with Gasteiger partial charge in [0.15, 0.2) is 5.82 Å². The Hall–Kier alpha value is -5.88. The molecule has 11 aromatic rings. The van der Waals surface area contributed by atoms with Gasteiger partial charge in [-0.2, -0.15) is 0 Å². The van der Waals surface area contributed by atoms with Crippen LogP contribution in [0.3, 0.4) is 0 Å². The monoisotopic (exact) mass is 659 g/mol. The molecule has 0 aliphatic carbocycles. The first-order valence-electron chi connectivity index (χ1n) is 16.4. The maximum atomic E-state index is 5.22. The second kappa shape index (κ2) is 10.3. The van der Waals surface area contributed by atoms with E-state index in [9.17, 15) is 0 Å². The lowest BCUT2D eigenvalue weighted by atomic mass is 10.0. The smallest absolute Gasteiger partial charge is 0.160 e. The molecule has 5 heteroatoms. The van der Waals surface area contributed by atoms with E-state index >= 15 is 0 Å². The van der Waals surface area contributed by atoms with Crippen LogP contribution in [0.5, 0.6) is 0 Å². The molecule has 0 bridgehead atoms. The van der Waals surface area contributed by atoms with Crippen molar-refractivity contribution in [3.63, 3.8) is 0 Å². The first-order valence-corrected chi connectivity index (χ1v) is 18.1. The number of hydrogen-bond acceptors (Lipinski definition) is 4. The lowest BCUT2D eigenvalue weighted by molar-refractivity contribution is 1.18. The summed E-state index contributed by atoms with van der Waals surface area (Å²) in [5.74, 6) is 0.732. The van der Waals surface area contributed by atoms with Crippen molar-refractivity contribution < 1.29 is 0 Å². The minimum absolute atomic E-state index is 0.732. The number of nitrogens with zero attached hydrogens (tertiary/aromatic N) is 3. The van der Waals surface area contributed by atoms with Gasteiger partial charge >= 0.3 is 0 Å². The summed E-state index contributed by atoms with van der Waals surface area (Å²) in [6, 6.07) is 54.2. The van der Waals surface area contributed by atoms with E-state index in [1.807, 2.05) is 40.9 Å². The van der Waals surface area contributed by atoms with E-state index in [1.165, 1.54) is 62.2 Å². The molecule has 0 radical (unpaired) electrons. The maximum absolute atomic E-state index is 5.22. The number of para-hydroxylation sites is 1. The first kappa shape index (κ1) is 27.1. The summed E-state index contributed by atoms with van der Waals surface area (Å²) in [5, 5.41) is 8.95. The number of rotatable bonds is 3. The van der Waals surface area contributed by atoms with Crippen LogP contribution in [0.25, 0.3) is 101 Å². The Morgan fingerprint density at radius 3 is 1.73 bits per heavy atom. The predicted octanol–water partition coefficient (Wildman–Crippen LogP) is 12.8. The SMILES string of the molecule is c1ccc(-c2nc(-c3ccccc3)c3cc(-n4c5ccccc5c5c6sc7ccccc7c6c6sc7ccccc7c6c54)ccc3n2)cc1. The van der Waals surface area contributed by atoms with Crippen LogP contribution in [-0.2, 0) is 0 Å². The van der Waals surface area contributed by atoms with E-state index in [0.29, 0.717) is 0 Å². The zero-order valence-corrected chi connectivity index (χ0v) is 27.7. The van der Waals surface area contributed by atoms with E-state index < -0.39 is 0 Å².